The van der Waals surface area contributed by atoms with Crippen molar-refractivity contribution in [3.8, 4) is 0 Å². The van der Waals surface area contributed by atoms with Gasteiger partial charge in [-0.25, -0.2) is 0 Å². The minimum Gasteiger partial charge on any atom is -0.380 e. The number of nitrogens with two attached hydrogens (primary N) is 2. The predicted molar refractivity (Wildman–Crippen MR) is 57.1 cm³/mol. The Hall–Kier alpha value is -0.810. The second-order valence-electron chi connectivity index (χ2n) is 3.53. The zero-order valence-electron chi connectivity index (χ0n) is 8.54. The van der Waals surface area contributed by atoms with Crippen LogP contribution in [0.15, 0.2) is 4.99 Å². The lowest BCUT2D eigenvalue weighted by molar-refractivity contribution is 0.115. The summed E-state index contributed by atoms with van der Waals surface area (Å²) < 4.78 is 5.49. The average molecular weight is 200 g/mol. The van der Waals surface area contributed by atoms with Gasteiger partial charge in [0.15, 0.2) is 5.96 Å². The monoisotopic (exact) mass is 200 g/mol. The Bertz CT molecular complexity index is 174. The van der Waals surface area contributed by atoms with Crippen LogP contribution >= 0.6 is 0 Å². The molecule has 0 unspecified atom stereocenters. The Labute approximate surface area is 84.9 Å². The summed E-state index contributed by atoms with van der Waals surface area (Å²) in [6.45, 7) is 3.32. The number of guanidine groups is 1. The van der Waals surface area contributed by atoms with Crippen LogP contribution in [0.1, 0.15) is 19.3 Å². The lowest BCUT2D eigenvalue weighted by atomic mass is 10.2. The highest BCUT2D eigenvalue weighted by atomic mass is 16.5. The number of ether oxygens (including phenoxy) is 1. The van der Waals surface area contributed by atoms with E-state index in [1.54, 1.807) is 0 Å². The van der Waals surface area contributed by atoms with Crippen LogP contribution in [0, 0.1) is 0 Å². The van der Waals surface area contributed by atoms with Gasteiger partial charge in [-0.15, -0.1) is 0 Å². The first-order valence-corrected chi connectivity index (χ1v) is 5.15. The Morgan fingerprint density at radius 1 is 1.50 bits per heavy atom. The Morgan fingerprint density at radius 3 is 3.00 bits per heavy atom. The van der Waals surface area contributed by atoms with E-state index in [0.29, 0.717) is 12.6 Å². The first-order chi connectivity index (χ1) is 6.79. The van der Waals surface area contributed by atoms with Gasteiger partial charge in [-0.05, 0) is 25.8 Å². The summed E-state index contributed by atoms with van der Waals surface area (Å²) in [5, 5.41) is 3.37. The third-order valence-electron chi connectivity index (χ3n) is 2.22. The Balaban J connectivity index is 1.86. The molecule has 5 nitrogen and oxygen atoms in total. The molecule has 1 heterocycles. The maximum absolute atomic E-state index is 5.49. The highest BCUT2D eigenvalue weighted by molar-refractivity contribution is 5.75. The number of hydrogen-bond acceptors (Lipinski definition) is 3. The van der Waals surface area contributed by atoms with Crippen LogP contribution in [-0.4, -0.2) is 38.3 Å². The van der Waals surface area contributed by atoms with E-state index < -0.39 is 0 Å². The van der Waals surface area contributed by atoms with Gasteiger partial charge in [0.1, 0.15) is 0 Å². The molecule has 5 heteroatoms. The summed E-state index contributed by atoms with van der Waals surface area (Å²) in [5.74, 6) is 0.155. The van der Waals surface area contributed by atoms with Crippen LogP contribution in [0.4, 0.5) is 0 Å². The largest absolute Gasteiger partial charge is 0.380 e. The molecule has 0 saturated carbocycles. The van der Waals surface area contributed by atoms with E-state index in [0.717, 1.165) is 26.2 Å². The van der Waals surface area contributed by atoms with E-state index in [4.69, 9.17) is 16.2 Å². The summed E-state index contributed by atoms with van der Waals surface area (Å²) in [6.07, 6.45) is 3.38. The fraction of sp³-hybridized carbons (Fsp3) is 0.889. The second kappa shape index (κ2) is 6.62. The van der Waals surface area contributed by atoms with Gasteiger partial charge < -0.3 is 21.5 Å². The molecule has 1 aliphatic heterocycles. The van der Waals surface area contributed by atoms with Crippen molar-refractivity contribution in [2.24, 2.45) is 16.5 Å². The van der Waals surface area contributed by atoms with Gasteiger partial charge >= 0.3 is 0 Å². The first-order valence-electron chi connectivity index (χ1n) is 5.15. The maximum Gasteiger partial charge on any atom is 0.185 e. The first kappa shape index (κ1) is 11.3. The SMILES string of the molecule is NC(N)=NCCCOC[C@@H]1CCCN1. The number of nitrogens with one attached hydrogen (secondary N) is 1. The summed E-state index contributed by atoms with van der Waals surface area (Å²) >= 11 is 0. The predicted octanol–water partition coefficient (Wildman–Crippen LogP) is -0.581. The maximum atomic E-state index is 5.49. The molecule has 0 amide bonds. The van der Waals surface area contributed by atoms with Gasteiger partial charge in [0.25, 0.3) is 0 Å². The minimum atomic E-state index is 0.155. The van der Waals surface area contributed by atoms with Crippen molar-refractivity contribution >= 4 is 5.96 Å². The van der Waals surface area contributed by atoms with E-state index in [1.807, 2.05) is 0 Å². The van der Waals surface area contributed by atoms with Crippen molar-refractivity contribution in [3.05, 3.63) is 0 Å². The molecule has 0 radical (unpaired) electrons. The molecule has 0 bridgehead atoms. The fourth-order valence-corrected chi connectivity index (χ4v) is 1.50. The van der Waals surface area contributed by atoms with E-state index in [-0.39, 0.29) is 5.96 Å². The molecule has 0 spiro atoms. The fourth-order valence-electron chi connectivity index (χ4n) is 1.50. The van der Waals surface area contributed by atoms with Crippen LogP contribution in [0.3, 0.4) is 0 Å². The minimum absolute atomic E-state index is 0.155. The van der Waals surface area contributed by atoms with Crippen molar-refractivity contribution in [1.82, 2.24) is 5.32 Å². The van der Waals surface area contributed by atoms with Crippen LogP contribution in [0.25, 0.3) is 0 Å². The topological polar surface area (TPSA) is 85.7 Å². The third kappa shape index (κ3) is 5.04. The van der Waals surface area contributed by atoms with Gasteiger partial charge in [-0.2, -0.15) is 0 Å². The number of hydrogen-bond donors (Lipinski definition) is 3. The molecule has 0 aromatic rings. The Morgan fingerprint density at radius 2 is 2.36 bits per heavy atom. The van der Waals surface area contributed by atoms with E-state index in [2.05, 4.69) is 10.3 Å². The molecular weight excluding hydrogens is 180 g/mol. The summed E-state index contributed by atoms with van der Waals surface area (Å²) in [7, 11) is 0. The zero-order chi connectivity index (χ0) is 10.2. The van der Waals surface area contributed by atoms with Crippen LogP contribution in [0.5, 0.6) is 0 Å². The molecule has 14 heavy (non-hydrogen) atoms. The van der Waals surface area contributed by atoms with Gasteiger partial charge in [-0.1, -0.05) is 0 Å². The van der Waals surface area contributed by atoms with Crippen molar-refractivity contribution < 1.29 is 4.74 Å². The van der Waals surface area contributed by atoms with E-state index in [1.165, 1.54) is 12.8 Å². The molecule has 0 aromatic heterocycles. The molecular formula is C9H20N4O. The molecule has 5 N–H and O–H groups in total. The highest BCUT2D eigenvalue weighted by Crippen LogP contribution is 2.04. The van der Waals surface area contributed by atoms with E-state index >= 15 is 0 Å². The lowest BCUT2D eigenvalue weighted by Crippen LogP contribution is -2.27. The van der Waals surface area contributed by atoms with E-state index in [9.17, 15) is 0 Å². The third-order valence-corrected chi connectivity index (χ3v) is 2.22. The average Bonchev–Trinajstić information content (AvgIpc) is 2.63. The number of aliphatic imine (C=N–C) groups is 1. The summed E-state index contributed by atoms with van der Waals surface area (Å²) in [4.78, 5) is 3.87. The lowest BCUT2D eigenvalue weighted by Gasteiger charge is -2.09. The Kier molecular flexibility index (Phi) is 5.32. The standard InChI is InChI=1S/C9H20N4O/c10-9(11)13-5-2-6-14-7-8-3-1-4-12-8/h8,12H,1-7H2,(H4,10,11,13)/t8-/m0/s1. The smallest absolute Gasteiger partial charge is 0.185 e. The quantitative estimate of drug-likeness (QED) is 0.304. The van der Waals surface area contributed by atoms with Crippen molar-refractivity contribution in [2.45, 2.75) is 25.3 Å². The number of rotatable bonds is 6. The highest BCUT2D eigenvalue weighted by Gasteiger charge is 2.12. The number of nitrogens with zero attached hydrogens (tertiary/aromatic N) is 1. The summed E-state index contributed by atoms with van der Waals surface area (Å²) in [6, 6.07) is 0.554. The molecule has 82 valence electrons. The van der Waals surface area contributed by atoms with Crippen molar-refractivity contribution in [1.29, 1.82) is 0 Å². The van der Waals surface area contributed by atoms with Crippen LogP contribution in [0.2, 0.25) is 0 Å². The zero-order valence-corrected chi connectivity index (χ0v) is 8.54. The van der Waals surface area contributed by atoms with Crippen molar-refractivity contribution in [3.63, 3.8) is 0 Å². The normalized spacial score (nSPS) is 21.0. The van der Waals surface area contributed by atoms with Crippen LogP contribution in [-0.2, 0) is 4.74 Å². The molecule has 0 aliphatic carbocycles. The van der Waals surface area contributed by atoms with Crippen LogP contribution < -0.4 is 16.8 Å². The summed E-state index contributed by atoms with van der Waals surface area (Å²) in [5.41, 5.74) is 10.4. The molecule has 1 aliphatic rings. The molecule has 1 rings (SSSR count). The molecule has 0 aromatic carbocycles. The molecule has 1 saturated heterocycles. The van der Waals surface area contributed by atoms with Gasteiger partial charge in [0, 0.05) is 19.2 Å². The van der Waals surface area contributed by atoms with Gasteiger partial charge in [-0.3, -0.25) is 4.99 Å². The molecule has 1 atom stereocenters. The second-order valence-corrected chi connectivity index (χ2v) is 3.53. The van der Waals surface area contributed by atoms with Crippen molar-refractivity contribution in [2.75, 3.05) is 26.3 Å². The van der Waals surface area contributed by atoms with Gasteiger partial charge in [0.2, 0.25) is 0 Å². The molecule has 1 fully saturated rings. The van der Waals surface area contributed by atoms with Gasteiger partial charge in [0.05, 0.1) is 6.61 Å².